The van der Waals surface area contributed by atoms with E-state index in [1.54, 1.807) is 0 Å². The van der Waals surface area contributed by atoms with Crippen LogP contribution in [0.3, 0.4) is 0 Å². The Labute approximate surface area is 96.1 Å². The fraction of sp³-hybridized carbons (Fsp3) is 0.308. The lowest BCUT2D eigenvalue weighted by Gasteiger charge is -2.19. The molecule has 0 bridgehead atoms. The van der Waals surface area contributed by atoms with Gasteiger partial charge in [0.05, 0.1) is 11.7 Å². The largest absolute Gasteiger partial charge is 0.308 e. The van der Waals surface area contributed by atoms with Crippen LogP contribution in [0.5, 0.6) is 0 Å². The van der Waals surface area contributed by atoms with Crippen LogP contribution in [0, 0.1) is 6.92 Å². The fourth-order valence-corrected chi connectivity index (χ4v) is 2.04. The number of benzene rings is 1. The van der Waals surface area contributed by atoms with Crippen molar-refractivity contribution in [2.24, 2.45) is 7.05 Å². The Morgan fingerprint density at radius 1 is 1.25 bits per heavy atom. The molecule has 0 aliphatic carbocycles. The minimum absolute atomic E-state index is 0.202. The molecule has 0 fully saturated rings. The number of aromatic nitrogens is 2. The summed E-state index contributed by atoms with van der Waals surface area (Å²) in [5.74, 6) is 0. The van der Waals surface area contributed by atoms with Gasteiger partial charge in [-0.3, -0.25) is 4.68 Å². The van der Waals surface area contributed by atoms with Crippen LogP contribution >= 0.6 is 0 Å². The molecule has 0 aliphatic heterocycles. The summed E-state index contributed by atoms with van der Waals surface area (Å²) in [5, 5.41) is 7.56. The number of hydrogen-bond acceptors (Lipinski definition) is 2. The predicted octanol–water partition coefficient (Wildman–Crippen LogP) is 2.04. The average molecular weight is 215 g/mol. The predicted molar refractivity (Wildman–Crippen MR) is 65.3 cm³/mol. The monoisotopic (exact) mass is 215 g/mol. The van der Waals surface area contributed by atoms with Gasteiger partial charge in [0.25, 0.3) is 0 Å². The Morgan fingerprint density at radius 2 is 2.00 bits per heavy atom. The molecule has 1 aromatic heterocycles. The zero-order valence-electron chi connectivity index (χ0n) is 9.94. The minimum Gasteiger partial charge on any atom is -0.308 e. The van der Waals surface area contributed by atoms with Gasteiger partial charge in [0.15, 0.2) is 0 Å². The van der Waals surface area contributed by atoms with Gasteiger partial charge in [-0.15, -0.1) is 0 Å². The average Bonchev–Trinajstić information content (AvgIpc) is 2.69. The van der Waals surface area contributed by atoms with Crippen LogP contribution in [0.1, 0.15) is 22.9 Å². The van der Waals surface area contributed by atoms with Gasteiger partial charge in [-0.1, -0.05) is 24.3 Å². The topological polar surface area (TPSA) is 29.9 Å². The summed E-state index contributed by atoms with van der Waals surface area (Å²) in [4.78, 5) is 0. The van der Waals surface area contributed by atoms with Crippen molar-refractivity contribution in [3.63, 3.8) is 0 Å². The third-order valence-corrected chi connectivity index (χ3v) is 2.94. The van der Waals surface area contributed by atoms with E-state index in [2.05, 4.69) is 41.6 Å². The molecule has 84 valence electrons. The molecule has 1 aromatic carbocycles. The summed E-state index contributed by atoms with van der Waals surface area (Å²) >= 11 is 0. The van der Waals surface area contributed by atoms with Gasteiger partial charge in [-0.2, -0.15) is 5.10 Å². The molecule has 3 heteroatoms. The third kappa shape index (κ3) is 1.86. The molecule has 1 atom stereocenters. The van der Waals surface area contributed by atoms with E-state index in [1.807, 2.05) is 31.0 Å². The molecule has 1 unspecified atom stereocenters. The first-order chi connectivity index (χ1) is 7.74. The van der Waals surface area contributed by atoms with Gasteiger partial charge < -0.3 is 5.32 Å². The molecule has 2 rings (SSSR count). The molecule has 0 amide bonds. The lowest BCUT2D eigenvalue weighted by Crippen LogP contribution is -2.21. The van der Waals surface area contributed by atoms with Crippen LogP contribution in [-0.4, -0.2) is 16.8 Å². The van der Waals surface area contributed by atoms with E-state index in [0.29, 0.717) is 0 Å². The Balaban J connectivity index is 2.45. The van der Waals surface area contributed by atoms with Gasteiger partial charge in [-0.05, 0) is 31.2 Å². The Bertz CT molecular complexity index is 474. The van der Waals surface area contributed by atoms with Gasteiger partial charge in [0.1, 0.15) is 0 Å². The van der Waals surface area contributed by atoms with E-state index in [4.69, 9.17) is 0 Å². The van der Waals surface area contributed by atoms with Crippen LogP contribution < -0.4 is 5.32 Å². The van der Waals surface area contributed by atoms with Crippen molar-refractivity contribution in [2.75, 3.05) is 7.05 Å². The van der Waals surface area contributed by atoms with Crippen LogP contribution in [0.15, 0.2) is 36.5 Å². The van der Waals surface area contributed by atoms with Crippen molar-refractivity contribution in [2.45, 2.75) is 13.0 Å². The zero-order valence-corrected chi connectivity index (χ0v) is 9.94. The zero-order chi connectivity index (χ0) is 11.5. The van der Waals surface area contributed by atoms with Crippen LogP contribution in [0.4, 0.5) is 0 Å². The third-order valence-electron chi connectivity index (χ3n) is 2.94. The molecule has 0 spiro atoms. The van der Waals surface area contributed by atoms with E-state index in [1.165, 1.54) is 16.8 Å². The number of rotatable bonds is 3. The molecular weight excluding hydrogens is 198 g/mol. The van der Waals surface area contributed by atoms with Crippen LogP contribution in [-0.2, 0) is 7.05 Å². The van der Waals surface area contributed by atoms with E-state index in [9.17, 15) is 0 Å². The molecule has 16 heavy (non-hydrogen) atoms. The van der Waals surface area contributed by atoms with Gasteiger partial charge in [0, 0.05) is 13.2 Å². The fourth-order valence-electron chi connectivity index (χ4n) is 2.04. The Hall–Kier alpha value is -1.61. The maximum atomic E-state index is 4.22. The quantitative estimate of drug-likeness (QED) is 0.849. The lowest BCUT2D eigenvalue weighted by molar-refractivity contribution is 0.604. The van der Waals surface area contributed by atoms with Crippen molar-refractivity contribution in [1.82, 2.24) is 15.1 Å². The molecular formula is C13H17N3. The van der Waals surface area contributed by atoms with E-state index >= 15 is 0 Å². The molecule has 0 saturated heterocycles. The molecule has 0 aliphatic rings. The molecule has 3 nitrogen and oxygen atoms in total. The molecule has 1 heterocycles. The first kappa shape index (κ1) is 10.9. The van der Waals surface area contributed by atoms with Gasteiger partial charge >= 0.3 is 0 Å². The maximum absolute atomic E-state index is 4.22. The second kappa shape index (κ2) is 4.49. The van der Waals surface area contributed by atoms with E-state index in [0.717, 1.165) is 0 Å². The minimum atomic E-state index is 0.202. The van der Waals surface area contributed by atoms with Crippen molar-refractivity contribution >= 4 is 0 Å². The van der Waals surface area contributed by atoms with Crippen LogP contribution in [0.2, 0.25) is 0 Å². The van der Waals surface area contributed by atoms with Crippen molar-refractivity contribution < 1.29 is 0 Å². The number of nitrogens with one attached hydrogen (secondary N) is 1. The molecule has 2 aromatic rings. The maximum Gasteiger partial charge on any atom is 0.0748 e. The van der Waals surface area contributed by atoms with Gasteiger partial charge in [0.2, 0.25) is 0 Å². The van der Waals surface area contributed by atoms with E-state index < -0.39 is 0 Å². The number of nitrogens with zero attached hydrogens (tertiary/aromatic N) is 2. The second-order valence-electron chi connectivity index (χ2n) is 3.96. The Morgan fingerprint density at radius 3 is 2.56 bits per heavy atom. The van der Waals surface area contributed by atoms with Crippen molar-refractivity contribution in [3.05, 3.63) is 53.3 Å². The van der Waals surface area contributed by atoms with Crippen LogP contribution in [0.25, 0.3) is 0 Å². The summed E-state index contributed by atoms with van der Waals surface area (Å²) in [5.41, 5.74) is 3.77. The SMILES string of the molecule is CNC(c1ccccc1C)c1ccnn1C. The first-order valence-corrected chi connectivity index (χ1v) is 5.44. The number of hydrogen-bond donors (Lipinski definition) is 1. The summed E-state index contributed by atoms with van der Waals surface area (Å²) in [7, 11) is 3.95. The highest BCUT2D eigenvalue weighted by Gasteiger charge is 2.16. The highest BCUT2D eigenvalue weighted by molar-refractivity contribution is 5.34. The highest BCUT2D eigenvalue weighted by atomic mass is 15.3. The molecule has 0 saturated carbocycles. The lowest BCUT2D eigenvalue weighted by atomic mass is 9.99. The smallest absolute Gasteiger partial charge is 0.0748 e. The normalized spacial score (nSPS) is 12.7. The standard InChI is InChI=1S/C13H17N3/c1-10-6-4-5-7-11(10)13(14-2)12-8-9-15-16(12)3/h4-9,13-14H,1-3H3. The Kier molecular flexibility index (Phi) is 3.06. The number of aryl methyl sites for hydroxylation is 2. The molecule has 0 radical (unpaired) electrons. The van der Waals surface area contributed by atoms with E-state index in [-0.39, 0.29) is 6.04 Å². The summed E-state index contributed by atoms with van der Waals surface area (Å²) in [6.07, 6.45) is 1.83. The molecule has 1 N–H and O–H groups in total. The first-order valence-electron chi connectivity index (χ1n) is 5.44. The summed E-state index contributed by atoms with van der Waals surface area (Å²) in [6.45, 7) is 2.13. The highest BCUT2D eigenvalue weighted by Crippen LogP contribution is 2.23. The van der Waals surface area contributed by atoms with Crippen molar-refractivity contribution in [3.8, 4) is 0 Å². The van der Waals surface area contributed by atoms with Crippen molar-refractivity contribution in [1.29, 1.82) is 0 Å². The second-order valence-corrected chi connectivity index (χ2v) is 3.96. The summed E-state index contributed by atoms with van der Waals surface area (Å²) in [6, 6.07) is 10.7. The van der Waals surface area contributed by atoms with Gasteiger partial charge in [-0.25, -0.2) is 0 Å². The summed E-state index contributed by atoms with van der Waals surface area (Å²) < 4.78 is 1.91.